The van der Waals surface area contributed by atoms with Crippen LogP contribution < -0.4 is 0 Å². The molecule has 2 N–H and O–H groups in total. The van der Waals surface area contributed by atoms with Gasteiger partial charge in [-0.25, -0.2) is 9.78 Å². The minimum absolute atomic E-state index is 0.258. The zero-order valence-corrected chi connectivity index (χ0v) is 12.5. The molecule has 5 nitrogen and oxygen atoms in total. The van der Waals surface area contributed by atoms with Crippen LogP contribution in [-0.2, 0) is 4.74 Å². The van der Waals surface area contributed by atoms with Crippen molar-refractivity contribution < 1.29 is 19.7 Å². The maximum absolute atomic E-state index is 11.8. The molecule has 19 heavy (non-hydrogen) atoms. The summed E-state index contributed by atoms with van der Waals surface area (Å²) in [5.74, 6) is -1.28. The monoisotopic (exact) mass is 345 g/mol. The molecule has 0 aromatic carbocycles. The number of thiophene rings is 1. The molecule has 0 atom stereocenters. The van der Waals surface area contributed by atoms with Crippen LogP contribution in [-0.4, -0.2) is 27.8 Å². The van der Waals surface area contributed by atoms with Gasteiger partial charge in [0.25, 0.3) is 0 Å². The zero-order chi connectivity index (χ0) is 14.0. The number of carbonyl (C=O) groups is 1. The predicted molar refractivity (Wildman–Crippen MR) is 75.8 cm³/mol. The molecule has 0 bridgehead atoms. The Morgan fingerprint density at radius 3 is 2.95 bits per heavy atom. The first kappa shape index (κ1) is 14.1. The molecule has 0 saturated heterocycles. The van der Waals surface area contributed by atoms with Gasteiger partial charge < -0.3 is 14.9 Å². The zero-order valence-electron chi connectivity index (χ0n) is 10.1. The summed E-state index contributed by atoms with van der Waals surface area (Å²) in [6.07, 6.45) is 1.64. The van der Waals surface area contributed by atoms with Gasteiger partial charge in [0.15, 0.2) is 11.4 Å². The average molecular weight is 346 g/mol. The molecule has 0 aliphatic carbocycles. The third-order valence-electron chi connectivity index (χ3n) is 2.53. The second-order valence-electron chi connectivity index (χ2n) is 3.92. The van der Waals surface area contributed by atoms with Crippen LogP contribution in [0.25, 0.3) is 10.1 Å². The fourth-order valence-corrected chi connectivity index (χ4v) is 3.05. The Kier molecular flexibility index (Phi) is 4.26. The number of rotatable bonds is 4. The lowest BCUT2D eigenvalue weighted by Crippen LogP contribution is -2.08. The van der Waals surface area contributed by atoms with Gasteiger partial charge >= 0.3 is 5.97 Å². The molecular formula is C12H12BrNO4S. The molecule has 2 aromatic rings. The topological polar surface area (TPSA) is 79.7 Å². The molecule has 0 amide bonds. The van der Waals surface area contributed by atoms with Crippen LogP contribution in [0, 0.1) is 0 Å². The van der Waals surface area contributed by atoms with Crippen LogP contribution in [0.5, 0.6) is 11.6 Å². The number of aromatic nitrogens is 1. The number of ether oxygens (including phenoxy) is 1. The van der Waals surface area contributed by atoms with Gasteiger partial charge in [-0.1, -0.05) is 13.3 Å². The molecule has 0 aliphatic heterocycles. The summed E-state index contributed by atoms with van der Waals surface area (Å²) in [6.45, 7) is 2.24. The highest BCUT2D eigenvalue weighted by molar-refractivity contribution is 9.11. The molecular weight excluding hydrogens is 334 g/mol. The molecule has 0 unspecified atom stereocenters. The number of halogens is 1. The van der Waals surface area contributed by atoms with Crippen molar-refractivity contribution in [1.29, 1.82) is 0 Å². The molecule has 0 saturated carbocycles. The van der Waals surface area contributed by atoms with Crippen LogP contribution in [0.15, 0.2) is 9.85 Å². The summed E-state index contributed by atoms with van der Waals surface area (Å²) in [7, 11) is 0. The largest absolute Gasteiger partial charge is 0.505 e. The van der Waals surface area contributed by atoms with Crippen molar-refractivity contribution in [1.82, 2.24) is 4.98 Å². The first-order chi connectivity index (χ1) is 9.04. The molecule has 0 spiro atoms. The lowest BCUT2D eigenvalue weighted by atomic mass is 10.2. The standard InChI is InChI=1S/C12H12BrNO4S/c1-2-3-4-18-12(17)8-9(15)6-5-7(13)19-10(6)11(16)14-8/h5,15H,2-4H2,1H3,(H,14,16). The summed E-state index contributed by atoms with van der Waals surface area (Å²) < 4.78 is 6.13. The molecule has 2 heterocycles. The van der Waals surface area contributed by atoms with Crippen molar-refractivity contribution in [2.75, 3.05) is 6.61 Å². The number of fused-ring (bicyclic) bond motifs is 1. The highest BCUT2D eigenvalue weighted by Gasteiger charge is 2.21. The smallest absolute Gasteiger partial charge is 0.360 e. The fraction of sp³-hybridized carbons (Fsp3) is 0.333. The molecule has 0 radical (unpaired) electrons. The van der Waals surface area contributed by atoms with Gasteiger partial charge in [-0.3, -0.25) is 0 Å². The number of unbranched alkanes of at least 4 members (excludes halogenated alkanes) is 1. The summed E-state index contributed by atoms with van der Waals surface area (Å²) in [6, 6.07) is 1.62. The number of hydrogen-bond donors (Lipinski definition) is 2. The second kappa shape index (κ2) is 5.75. The minimum atomic E-state index is -0.731. The Hall–Kier alpha value is -1.34. The Morgan fingerprint density at radius 2 is 2.26 bits per heavy atom. The average Bonchev–Trinajstić information content (AvgIpc) is 2.76. The number of hydrogen-bond acceptors (Lipinski definition) is 6. The molecule has 0 fully saturated rings. The van der Waals surface area contributed by atoms with E-state index in [-0.39, 0.29) is 23.9 Å². The third-order valence-corrected chi connectivity index (χ3v) is 4.16. The SMILES string of the molecule is CCCCOC(=O)c1nc(O)c2sc(Br)cc2c1O. The van der Waals surface area contributed by atoms with Crippen molar-refractivity contribution in [3.05, 3.63) is 15.5 Å². The van der Waals surface area contributed by atoms with Gasteiger partial charge in [0.1, 0.15) is 4.70 Å². The van der Waals surface area contributed by atoms with E-state index in [9.17, 15) is 15.0 Å². The van der Waals surface area contributed by atoms with E-state index >= 15 is 0 Å². The third kappa shape index (κ3) is 2.82. The Morgan fingerprint density at radius 1 is 1.53 bits per heavy atom. The van der Waals surface area contributed by atoms with Gasteiger partial charge in [-0.2, -0.15) is 0 Å². The molecule has 7 heteroatoms. The van der Waals surface area contributed by atoms with Gasteiger partial charge in [-0.15, -0.1) is 11.3 Å². The van der Waals surface area contributed by atoms with Gasteiger partial charge in [0, 0.05) is 5.39 Å². The van der Waals surface area contributed by atoms with E-state index in [2.05, 4.69) is 20.9 Å². The summed E-state index contributed by atoms with van der Waals surface area (Å²) in [5.41, 5.74) is -0.258. The lowest BCUT2D eigenvalue weighted by Gasteiger charge is -2.06. The van der Waals surface area contributed by atoms with E-state index in [1.807, 2.05) is 6.92 Å². The van der Waals surface area contributed by atoms with Gasteiger partial charge in [0.05, 0.1) is 10.4 Å². The molecule has 0 aliphatic rings. The summed E-state index contributed by atoms with van der Waals surface area (Å²) >= 11 is 4.49. The van der Waals surface area contributed by atoms with Crippen molar-refractivity contribution in [3.8, 4) is 11.6 Å². The Bertz CT molecular complexity index is 626. The first-order valence-corrected chi connectivity index (χ1v) is 7.33. The maximum atomic E-state index is 11.8. The highest BCUT2D eigenvalue weighted by Crippen LogP contribution is 2.40. The summed E-state index contributed by atoms with van der Waals surface area (Å²) in [5, 5.41) is 20.2. The van der Waals surface area contributed by atoms with Crippen molar-refractivity contribution in [2.45, 2.75) is 19.8 Å². The van der Waals surface area contributed by atoms with Crippen LogP contribution in [0.3, 0.4) is 0 Å². The number of aromatic hydroxyl groups is 2. The molecule has 2 aromatic heterocycles. The van der Waals surface area contributed by atoms with E-state index in [0.29, 0.717) is 10.1 Å². The van der Waals surface area contributed by atoms with Gasteiger partial charge in [0.2, 0.25) is 5.88 Å². The van der Waals surface area contributed by atoms with E-state index in [1.165, 1.54) is 11.3 Å². The Labute approximate surface area is 122 Å². The first-order valence-electron chi connectivity index (χ1n) is 5.72. The minimum Gasteiger partial charge on any atom is -0.505 e. The van der Waals surface area contributed by atoms with E-state index < -0.39 is 5.97 Å². The van der Waals surface area contributed by atoms with Crippen LogP contribution in [0.4, 0.5) is 0 Å². The Balaban J connectivity index is 2.38. The van der Waals surface area contributed by atoms with Crippen LogP contribution in [0.2, 0.25) is 0 Å². The number of pyridine rings is 1. The van der Waals surface area contributed by atoms with Crippen molar-refractivity contribution in [2.24, 2.45) is 0 Å². The number of nitrogens with zero attached hydrogens (tertiary/aromatic N) is 1. The molecule has 102 valence electrons. The highest BCUT2D eigenvalue weighted by atomic mass is 79.9. The van der Waals surface area contributed by atoms with Crippen LogP contribution in [0.1, 0.15) is 30.3 Å². The van der Waals surface area contributed by atoms with E-state index in [4.69, 9.17) is 4.74 Å². The predicted octanol–water partition coefficient (Wildman–Crippen LogP) is 3.43. The quantitative estimate of drug-likeness (QED) is 0.655. The van der Waals surface area contributed by atoms with Crippen molar-refractivity contribution >= 4 is 43.3 Å². The molecule has 2 rings (SSSR count). The van der Waals surface area contributed by atoms with Crippen LogP contribution >= 0.6 is 27.3 Å². The lowest BCUT2D eigenvalue weighted by molar-refractivity contribution is 0.0488. The second-order valence-corrected chi connectivity index (χ2v) is 6.35. The number of esters is 1. The van der Waals surface area contributed by atoms with Gasteiger partial charge in [-0.05, 0) is 28.4 Å². The maximum Gasteiger partial charge on any atom is 0.360 e. The normalized spacial score (nSPS) is 10.8. The van der Waals surface area contributed by atoms with E-state index in [1.54, 1.807) is 6.07 Å². The van der Waals surface area contributed by atoms with E-state index in [0.717, 1.165) is 16.6 Å². The number of carbonyl (C=O) groups excluding carboxylic acids is 1. The fourth-order valence-electron chi connectivity index (χ4n) is 1.56. The summed E-state index contributed by atoms with van der Waals surface area (Å²) in [4.78, 5) is 15.5. The van der Waals surface area contributed by atoms with Crippen molar-refractivity contribution in [3.63, 3.8) is 0 Å².